The van der Waals surface area contributed by atoms with Gasteiger partial charge in [0.15, 0.2) is 17.4 Å². The van der Waals surface area contributed by atoms with Crippen LogP contribution in [0.4, 0.5) is 5.95 Å². The molecule has 1 aliphatic rings. The second-order valence-electron chi connectivity index (χ2n) is 5.82. The second-order valence-corrected chi connectivity index (χ2v) is 5.82. The first-order valence-electron chi connectivity index (χ1n) is 7.78. The first-order chi connectivity index (χ1) is 11.9. The van der Waals surface area contributed by atoms with E-state index in [2.05, 4.69) is 22.3 Å². The zero-order valence-electron chi connectivity index (χ0n) is 13.5. The number of ether oxygens (including phenoxy) is 1. The van der Waals surface area contributed by atoms with Crippen molar-refractivity contribution in [2.45, 2.75) is 44.3 Å². The monoisotopic (exact) mass is 349 g/mol. The molecule has 2 aromatic heterocycles. The number of aliphatic hydroxyl groups excluding tert-OH is 2. The predicted octanol–water partition coefficient (Wildman–Crippen LogP) is -0.857. The number of aromatic amines is 1. The molecule has 0 unspecified atom stereocenters. The molecule has 0 bridgehead atoms. The summed E-state index contributed by atoms with van der Waals surface area (Å²) in [5.74, 6) is -0.177. The zero-order valence-corrected chi connectivity index (χ0v) is 13.5. The largest absolute Gasteiger partial charge is 0.390 e. The molecule has 0 aliphatic carbocycles. The lowest BCUT2D eigenvalue weighted by Crippen LogP contribution is -2.31. The third-order valence-electron chi connectivity index (χ3n) is 4.22. The molecule has 134 valence electrons. The molecule has 10 heteroatoms. The van der Waals surface area contributed by atoms with Gasteiger partial charge in [0.1, 0.15) is 6.10 Å². The summed E-state index contributed by atoms with van der Waals surface area (Å²) < 4.78 is 7.74. The van der Waals surface area contributed by atoms with Crippen molar-refractivity contribution in [3.05, 3.63) is 33.1 Å². The minimum absolute atomic E-state index is 0.0339. The number of fused-ring (bicyclic) bond motifs is 1. The number of imidazole rings is 1. The lowest BCUT2D eigenvalue weighted by Gasteiger charge is -2.18. The number of H-pyrrole nitrogens is 1. The van der Waals surface area contributed by atoms with E-state index in [-0.39, 0.29) is 23.5 Å². The molecule has 1 fully saturated rings. The standard InChI is InChI=1S/C15H19N5O5/c1-3-5-19-10-11(17-14(16)18-12(10)23)20(15(19)24)13-8(22)6-9(25-13)7(21)4-2/h5,7-9,13,21-22H,1,4,6H2,2H3,(H3,16,17,18,23)/t7-,8-,9+,13-/m1/s1. The second kappa shape index (κ2) is 6.34. The summed E-state index contributed by atoms with van der Waals surface area (Å²) in [5, 5.41) is 20.3. The number of nitrogens with one attached hydrogen (secondary N) is 1. The van der Waals surface area contributed by atoms with Gasteiger partial charge in [0.2, 0.25) is 5.95 Å². The van der Waals surface area contributed by atoms with Crippen LogP contribution in [0.3, 0.4) is 0 Å². The van der Waals surface area contributed by atoms with Crippen LogP contribution in [0.2, 0.25) is 0 Å². The van der Waals surface area contributed by atoms with Crippen molar-refractivity contribution in [1.82, 2.24) is 19.1 Å². The molecule has 5 N–H and O–H groups in total. The van der Waals surface area contributed by atoms with E-state index in [4.69, 9.17) is 10.5 Å². The lowest BCUT2D eigenvalue weighted by molar-refractivity contribution is -0.0758. The van der Waals surface area contributed by atoms with Crippen molar-refractivity contribution in [2.75, 3.05) is 5.73 Å². The van der Waals surface area contributed by atoms with Crippen LogP contribution in [0.1, 0.15) is 26.0 Å². The Morgan fingerprint density at radius 1 is 1.60 bits per heavy atom. The molecule has 0 aromatic carbocycles. The van der Waals surface area contributed by atoms with E-state index in [1.165, 1.54) is 6.20 Å². The van der Waals surface area contributed by atoms with Gasteiger partial charge in [0, 0.05) is 6.42 Å². The summed E-state index contributed by atoms with van der Waals surface area (Å²) in [6, 6.07) is 0. The van der Waals surface area contributed by atoms with Gasteiger partial charge in [0.25, 0.3) is 5.56 Å². The van der Waals surface area contributed by atoms with E-state index in [0.29, 0.717) is 6.42 Å². The van der Waals surface area contributed by atoms with Gasteiger partial charge in [-0.25, -0.2) is 9.36 Å². The van der Waals surface area contributed by atoms with Crippen molar-refractivity contribution in [3.63, 3.8) is 0 Å². The maximum atomic E-state index is 12.8. The fourth-order valence-corrected chi connectivity index (χ4v) is 3.02. The van der Waals surface area contributed by atoms with Gasteiger partial charge in [-0.1, -0.05) is 13.5 Å². The molecule has 4 atom stereocenters. The fraction of sp³-hybridized carbons (Fsp3) is 0.467. The highest BCUT2D eigenvalue weighted by atomic mass is 16.5. The number of rotatable bonds is 4. The molecule has 3 heterocycles. The topological polar surface area (TPSA) is 148 Å². The van der Waals surface area contributed by atoms with E-state index in [9.17, 15) is 19.8 Å². The molecular formula is C15H19N5O5. The summed E-state index contributed by atoms with van der Waals surface area (Å²) in [6.07, 6.45) is -1.80. The van der Waals surface area contributed by atoms with Crippen LogP contribution in [0, 0.1) is 0 Å². The third-order valence-corrected chi connectivity index (χ3v) is 4.22. The Kier molecular flexibility index (Phi) is 4.36. The van der Waals surface area contributed by atoms with Crippen LogP contribution >= 0.6 is 0 Å². The molecule has 0 saturated carbocycles. The average Bonchev–Trinajstić information content (AvgIpc) is 3.05. The number of anilines is 1. The maximum absolute atomic E-state index is 12.8. The summed E-state index contributed by atoms with van der Waals surface area (Å²) in [6.45, 7) is 5.18. The van der Waals surface area contributed by atoms with Gasteiger partial charge >= 0.3 is 5.69 Å². The van der Waals surface area contributed by atoms with Crippen molar-refractivity contribution >= 4 is 23.3 Å². The molecule has 3 rings (SSSR count). The fourth-order valence-electron chi connectivity index (χ4n) is 3.02. The van der Waals surface area contributed by atoms with E-state index < -0.39 is 35.8 Å². The van der Waals surface area contributed by atoms with Gasteiger partial charge in [0.05, 0.1) is 18.4 Å². The Hall–Kier alpha value is -2.65. The molecule has 1 saturated heterocycles. The highest BCUT2D eigenvalue weighted by molar-refractivity contribution is 5.74. The number of nitrogens with two attached hydrogens (primary N) is 1. The van der Waals surface area contributed by atoms with E-state index in [0.717, 1.165) is 9.13 Å². The molecule has 1 aliphatic heterocycles. The molecule has 2 aromatic rings. The Morgan fingerprint density at radius 2 is 2.32 bits per heavy atom. The minimum atomic E-state index is -1.10. The molecule has 0 amide bonds. The van der Waals surface area contributed by atoms with Crippen LogP contribution in [0.15, 0.2) is 21.9 Å². The SMILES string of the molecule is C=C=Cn1c(=O)n([C@@H]2O[C@H]([C@H](O)CC)C[C@H]2O)c2nc(N)[nH]c(=O)c21. The zero-order chi connectivity index (χ0) is 18.3. The Balaban J connectivity index is 2.23. The summed E-state index contributed by atoms with van der Waals surface area (Å²) in [4.78, 5) is 31.3. The van der Waals surface area contributed by atoms with Crippen LogP contribution in [-0.4, -0.2) is 47.6 Å². The third kappa shape index (κ3) is 2.71. The van der Waals surface area contributed by atoms with Gasteiger partial charge in [-0.05, 0) is 6.42 Å². The number of nitrogen functional groups attached to an aromatic ring is 1. The van der Waals surface area contributed by atoms with Crippen molar-refractivity contribution in [1.29, 1.82) is 0 Å². The summed E-state index contributed by atoms with van der Waals surface area (Å²) in [7, 11) is 0. The first-order valence-corrected chi connectivity index (χ1v) is 7.78. The normalized spacial score (nSPS) is 24.4. The Bertz CT molecular complexity index is 967. The first kappa shape index (κ1) is 17.2. The van der Waals surface area contributed by atoms with Crippen LogP contribution in [0.5, 0.6) is 0 Å². The predicted molar refractivity (Wildman–Crippen MR) is 89.8 cm³/mol. The van der Waals surface area contributed by atoms with Crippen molar-refractivity contribution in [3.8, 4) is 0 Å². The van der Waals surface area contributed by atoms with Crippen molar-refractivity contribution < 1.29 is 14.9 Å². The highest BCUT2D eigenvalue weighted by Crippen LogP contribution is 2.32. The number of aromatic nitrogens is 4. The van der Waals surface area contributed by atoms with E-state index >= 15 is 0 Å². The van der Waals surface area contributed by atoms with Gasteiger partial charge in [-0.3, -0.25) is 14.3 Å². The Morgan fingerprint density at radius 3 is 2.96 bits per heavy atom. The minimum Gasteiger partial charge on any atom is -0.390 e. The van der Waals surface area contributed by atoms with Crippen molar-refractivity contribution in [2.24, 2.45) is 0 Å². The lowest BCUT2D eigenvalue weighted by atomic mass is 10.1. The maximum Gasteiger partial charge on any atom is 0.337 e. The quantitative estimate of drug-likeness (QED) is 0.525. The molecule has 25 heavy (non-hydrogen) atoms. The summed E-state index contributed by atoms with van der Waals surface area (Å²) >= 11 is 0. The van der Waals surface area contributed by atoms with Crippen LogP contribution in [0.25, 0.3) is 17.4 Å². The smallest absolute Gasteiger partial charge is 0.337 e. The number of hydrogen-bond donors (Lipinski definition) is 4. The van der Waals surface area contributed by atoms with Crippen LogP contribution < -0.4 is 17.0 Å². The number of nitrogens with zero attached hydrogens (tertiary/aromatic N) is 3. The van der Waals surface area contributed by atoms with Gasteiger partial charge in [-0.15, -0.1) is 5.73 Å². The highest BCUT2D eigenvalue weighted by Gasteiger charge is 2.40. The van der Waals surface area contributed by atoms with Gasteiger partial charge < -0.3 is 20.7 Å². The van der Waals surface area contributed by atoms with E-state index in [1.54, 1.807) is 6.92 Å². The average molecular weight is 349 g/mol. The van der Waals surface area contributed by atoms with Crippen LogP contribution in [-0.2, 0) is 4.74 Å². The molecular weight excluding hydrogens is 330 g/mol. The van der Waals surface area contributed by atoms with E-state index in [1.807, 2.05) is 0 Å². The molecule has 0 spiro atoms. The molecule has 0 radical (unpaired) electrons. The summed E-state index contributed by atoms with van der Waals surface area (Å²) in [5.41, 5.74) is 6.63. The molecule has 10 nitrogen and oxygen atoms in total. The van der Waals surface area contributed by atoms with Gasteiger partial charge in [-0.2, -0.15) is 4.98 Å². The Labute approximate surface area is 141 Å². The number of aliphatic hydroxyl groups is 2. The number of hydrogen-bond acceptors (Lipinski definition) is 7.